The van der Waals surface area contributed by atoms with Crippen molar-refractivity contribution < 1.29 is 9.29 Å². The molecule has 2 nitrogen and oxygen atoms in total. The number of rotatable bonds is 4. The summed E-state index contributed by atoms with van der Waals surface area (Å²) in [6, 6.07) is 5.54. The van der Waals surface area contributed by atoms with Crippen LogP contribution < -0.4 is 4.74 Å². The van der Waals surface area contributed by atoms with Crippen LogP contribution in [0.3, 0.4) is 0 Å². The van der Waals surface area contributed by atoms with Gasteiger partial charge in [0, 0.05) is 16.6 Å². The van der Waals surface area contributed by atoms with Gasteiger partial charge in [0.15, 0.2) is 4.90 Å². The molecule has 0 saturated carbocycles. The lowest BCUT2D eigenvalue weighted by atomic mass is 10.3. The molecule has 1 aromatic rings. The van der Waals surface area contributed by atoms with Gasteiger partial charge >= 0.3 is 0 Å². The molecule has 0 saturated heterocycles. The molecule has 0 amide bonds. The van der Waals surface area contributed by atoms with Gasteiger partial charge in [-0.25, -0.2) is 0 Å². The smallest absolute Gasteiger partial charge is 0.157 e. The number of hydrogen-bond donors (Lipinski definition) is 0. The number of halogens is 1. The van der Waals surface area contributed by atoms with E-state index in [-0.39, 0.29) is 0 Å². The monoisotopic (exact) mass is 276 g/mol. The van der Waals surface area contributed by atoms with Crippen molar-refractivity contribution in [1.82, 2.24) is 0 Å². The maximum absolute atomic E-state index is 11.7. The third-order valence-corrected chi connectivity index (χ3v) is 3.73. The van der Waals surface area contributed by atoms with Gasteiger partial charge in [-0.15, -0.1) is 0 Å². The zero-order chi connectivity index (χ0) is 10.6. The van der Waals surface area contributed by atoms with Crippen LogP contribution in [0.4, 0.5) is 0 Å². The molecule has 0 heterocycles. The molecule has 4 heteroatoms. The molecule has 0 aliphatic heterocycles. The summed E-state index contributed by atoms with van der Waals surface area (Å²) in [5, 5.41) is 0. The topological polar surface area (TPSA) is 32.3 Å². The van der Waals surface area contributed by atoms with Gasteiger partial charge in [-0.2, -0.15) is 0 Å². The van der Waals surface area contributed by atoms with Crippen LogP contribution in [0.25, 0.3) is 0 Å². The van der Waals surface area contributed by atoms with E-state index in [2.05, 4.69) is 15.9 Å². The predicted octanol–water partition coefficient (Wildman–Crippen LogP) is 2.98. The lowest BCUT2D eigenvalue weighted by Crippen LogP contribution is -2.06. The van der Waals surface area contributed by atoms with E-state index < -0.39 is 11.2 Å². The highest BCUT2D eigenvalue weighted by Crippen LogP contribution is 2.25. The zero-order valence-corrected chi connectivity index (χ0v) is 10.7. The summed E-state index contributed by atoms with van der Waals surface area (Å²) in [7, 11) is 1.61. The van der Waals surface area contributed by atoms with Crippen LogP contribution in [0, 0.1) is 0 Å². The molecule has 78 valence electrons. The first-order chi connectivity index (χ1) is 6.67. The quantitative estimate of drug-likeness (QED) is 0.792. The summed E-state index contributed by atoms with van der Waals surface area (Å²) < 4.78 is 17.7. The largest absolute Gasteiger partial charge is 0.611 e. The Hall–Kier alpha value is -0.190. The second-order valence-corrected chi connectivity index (χ2v) is 5.36. The fraction of sp³-hybridized carbons (Fsp3) is 0.400. The van der Waals surface area contributed by atoms with Crippen molar-refractivity contribution in [2.45, 2.75) is 18.2 Å². The minimum atomic E-state index is -0.916. The van der Waals surface area contributed by atoms with Gasteiger partial charge in [0.1, 0.15) is 11.5 Å². The summed E-state index contributed by atoms with van der Waals surface area (Å²) in [6.07, 6.45) is 0.918. The van der Waals surface area contributed by atoms with Gasteiger partial charge in [-0.3, -0.25) is 0 Å². The second-order valence-electron chi connectivity index (χ2n) is 2.88. The average molecular weight is 277 g/mol. The third-order valence-electron chi connectivity index (χ3n) is 1.73. The van der Waals surface area contributed by atoms with Gasteiger partial charge in [0.05, 0.1) is 7.11 Å². The maximum atomic E-state index is 11.7. The van der Waals surface area contributed by atoms with Crippen LogP contribution in [-0.4, -0.2) is 17.4 Å². The second kappa shape index (κ2) is 5.63. The number of hydrogen-bond acceptors (Lipinski definition) is 2. The molecule has 1 aromatic carbocycles. The van der Waals surface area contributed by atoms with Crippen molar-refractivity contribution in [3.05, 3.63) is 22.7 Å². The Balaban J connectivity index is 2.90. The van der Waals surface area contributed by atoms with Gasteiger partial charge in [-0.1, -0.05) is 22.9 Å². The number of methoxy groups -OCH3 is 1. The first kappa shape index (κ1) is 11.9. The summed E-state index contributed by atoms with van der Waals surface area (Å²) in [6.45, 7) is 2.02. The molecule has 0 aliphatic carbocycles. The van der Waals surface area contributed by atoms with E-state index in [9.17, 15) is 4.55 Å². The average Bonchev–Trinajstić information content (AvgIpc) is 2.17. The van der Waals surface area contributed by atoms with Crippen molar-refractivity contribution in [1.29, 1.82) is 0 Å². The molecule has 0 spiro atoms. The van der Waals surface area contributed by atoms with Gasteiger partial charge in [0.25, 0.3) is 0 Å². The van der Waals surface area contributed by atoms with Crippen LogP contribution in [0.1, 0.15) is 13.3 Å². The molecule has 0 aliphatic rings. The van der Waals surface area contributed by atoms with E-state index in [1.165, 1.54) is 0 Å². The van der Waals surface area contributed by atoms with E-state index >= 15 is 0 Å². The van der Waals surface area contributed by atoms with Crippen LogP contribution in [-0.2, 0) is 11.2 Å². The molecule has 1 atom stereocenters. The Bertz CT molecular complexity index is 304. The predicted molar refractivity (Wildman–Crippen MR) is 62.3 cm³/mol. The SMILES string of the molecule is CCC[S+]([O-])c1cc(Br)cc(OC)c1. The normalized spacial score (nSPS) is 12.6. The van der Waals surface area contributed by atoms with Gasteiger partial charge < -0.3 is 9.29 Å². The van der Waals surface area contributed by atoms with Gasteiger partial charge in [-0.05, 0) is 23.7 Å². The third kappa shape index (κ3) is 3.19. The first-order valence-corrected chi connectivity index (χ1v) is 6.51. The molecular formula is C10H13BrO2S. The summed E-state index contributed by atoms with van der Waals surface area (Å²) in [5.41, 5.74) is 0. The molecular weight excluding hydrogens is 264 g/mol. The number of benzene rings is 1. The summed E-state index contributed by atoms with van der Waals surface area (Å²) in [4.78, 5) is 0.818. The van der Waals surface area contributed by atoms with Crippen molar-refractivity contribution in [3.63, 3.8) is 0 Å². The maximum Gasteiger partial charge on any atom is 0.157 e. The molecule has 0 aromatic heterocycles. The first-order valence-electron chi connectivity index (χ1n) is 4.40. The summed E-state index contributed by atoms with van der Waals surface area (Å²) in [5.74, 6) is 1.43. The Morgan fingerprint density at radius 1 is 1.43 bits per heavy atom. The van der Waals surface area contributed by atoms with Crippen LogP contribution in [0.5, 0.6) is 5.75 Å². The lowest BCUT2D eigenvalue weighted by Gasteiger charge is -2.10. The Morgan fingerprint density at radius 2 is 2.14 bits per heavy atom. The van der Waals surface area contributed by atoms with Crippen molar-refractivity contribution in [3.8, 4) is 5.75 Å². The Kier molecular flexibility index (Phi) is 4.78. The molecule has 0 N–H and O–H groups in total. The summed E-state index contributed by atoms with van der Waals surface area (Å²) >= 11 is 2.44. The van der Waals surface area contributed by atoms with E-state index in [1.807, 2.05) is 25.1 Å². The molecule has 0 radical (unpaired) electrons. The molecule has 1 rings (SSSR count). The highest BCUT2D eigenvalue weighted by Gasteiger charge is 2.11. The molecule has 1 unspecified atom stereocenters. The molecule has 0 bridgehead atoms. The standard InChI is InChI=1S/C10H13BrO2S/c1-3-4-14(12)10-6-8(11)5-9(7-10)13-2/h5-7H,3-4H2,1-2H3. The van der Waals surface area contributed by atoms with E-state index in [4.69, 9.17) is 4.74 Å². The highest BCUT2D eigenvalue weighted by atomic mass is 79.9. The Labute approximate surface area is 96.0 Å². The van der Waals surface area contributed by atoms with Crippen LogP contribution in [0.15, 0.2) is 27.6 Å². The van der Waals surface area contributed by atoms with E-state index in [0.717, 1.165) is 21.5 Å². The van der Waals surface area contributed by atoms with Crippen LogP contribution >= 0.6 is 15.9 Å². The van der Waals surface area contributed by atoms with E-state index in [0.29, 0.717) is 5.75 Å². The van der Waals surface area contributed by atoms with Crippen molar-refractivity contribution in [2.75, 3.05) is 12.9 Å². The highest BCUT2D eigenvalue weighted by molar-refractivity contribution is 9.10. The lowest BCUT2D eigenvalue weighted by molar-refractivity contribution is 0.413. The van der Waals surface area contributed by atoms with E-state index in [1.54, 1.807) is 7.11 Å². The number of ether oxygens (including phenoxy) is 1. The minimum absolute atomic E-state index is 0.694. The Morgan fingerprint density at radius 3 is 2.71 bits per heavy atom. The van der Waals surface area contributed by atoms with Crippen molar-refractivity contribution in [2.24, 2.45) is 0 Å². The fourth-order valence-electron chi connectivity index (χ4n) is 1.09. The zero-order valence-electron chi connectivity index (χ0n) is 8.25. The minimum Gasteiger partial charge on any atom is -0.611 e. The molecule has 14 heavy (non-hydrogen) atoms. The fourth-order valence-corrected chi connectivity index (χ4v) is 2.83. The van der Waals surface area contributed by atoms with Crippen LogP contribution in [0.2, 0.25) is 0 Å². The van der Waals surface area contributed by atoms with Crippen molar-refractivity contribution >= 4 is 27.1 Å². The molecule has 0 fully saturated rings. The van der Waals surface area contributed by atoms with Gasteiger partial charge in [0.2, 0.25) is 0 Å².